The average Bonchev–Trinajstić information content (AvgIpc) is 2.72. The topological polar surface area (TPSA) is 0 Å². The summed E-state index contributed by atoms with van der Waals surface area (Å²) in [6, 6.07) is 11.5. The first kappa shape index (κ1) is 20.0. The van der Waals surface area contributed by atoms with Crippen molar-refractivity contribution in [3.05, 3.63) is 53.6 Å². The highest BCUT2D eigenvalue weighted by Gasteiger charge is 2.30. The van der Waals surface area contributed by atoms with Crippen LogP contribution in [0.1, 0.15) is 69.8 Å². The maximum Gasteiger partial charge on any atom is 0.165 e. The predicted octanol–water partition coefficient (Wildman–Crippen LogP) is 7.23. The molecule has 0 aliphatic heterocycles. The molecule has 0 amide bonds. The molecule has 2 saturated carbocycles. The van der Waals surface area contributed by atoms with Gasteiger partial charge in [0.1, 0.15) is 0 Å². The lowest BCUT2D eigenvalue weighted by molar-refractivity contribution is 0.165. The van der Waals surface area contributed by atoms with Crippen molar-refractivity contribution in [2.75, 3.05) is 0 Å². The Kier molecular flexibility index (Phi) is 6.16. The van der Waals surface area contributed by atoms with Crippen LogP contribution >= 0.6 is 9.24 Å². The van der Waals surface area contributed by atoms with E-state index in [2.05, 4.69) is 40.4 Å². The maximum absolute atomic E-state index is 13.7. The summed E-state index contributed by atoms with van der Waals surface area (Å²) in [5, 5.41) is 0.273. The first-order valence-electron chi connectivity index (χ1n) is 10.9. The molecule has 0 N–H and O–H groups in total. The van der Waals surface area contributed by atoms with E-state index in [0.717, 1.165) is 28.9 Å². The Morgan fingerprint density at radius 1 is 0.750 bits per heavy atom. The van der Waals surface area contributed by atoms with Gasteiger partial charge in [-0.1, -0.05) is 44.0 Å². The van der Waals surface area contributed by atoms with E-state index in [9.17, 15) is 8.78 Å². The number of hydrogen-bond acceptors (Lipinski definition) is 0. The van der Waals surface area contributed by atoms with Crippen LogP contribution in [0.3, 0.4) is 0 Å². The zero-order valence-corrected chi connectivity index (χ0v) is 17.9. The van der Waals surface area contributed by atoms with Gasteiger partial charge in [0.2, 0.25) is 0 Å². The van der Waals surface area contributed by atoms with Crippen molar-refractivity contribution in [2.24, 2.45) is 17.8 Å². The smallest absolute Gasteiger partial charge is 0.165 e. The Hall–Kier alpha value is -1.27. The molecule has 4 rings (SSSR count). The van der Waals surface area contributed by atoms with E-state index in [1.54, 1.807) is 6.07 Å². The highest BCUT2D eigenvalue weighted by atomic mass is 31.0. The van der Waals surface area contributed by atoms with Crippen LogP contribution in [-0.2, 0) is 0 Å². The molecular formula is C25H31F2P. The maximum atomic E-state index is 13.7. The predicted molar refractivity (Wildman–Crippen MR) is 117 cm³/mol. The number of halogens is 2. The van der Waals surface area contributed by atoms with Gasteiger partial charge in [0.25, 0.3) is 0 Å². The fraction of sp³-hybridized carbons (Fsp3) is 0.520. The summed E-state index contributed by atoms with van der Waals surface area (Å²) in [7, 11) is 2.27. The second kappa shape index (κ2) is 8.62. The standard InChI is InChI=1S/C25H31F2P/c1-16-2-4-17(5-3-16)18-6-8-19(9-7-18)20-10-12-21(13-11-20)22-14-23(26)25(27)24(28)15-22/h10-19H,2-9,28H2,1H3. The van der Waals surface area contributed by atoms with Gasteiger partial charge in [0, 0.05) is 5.30 Å². The first-order valence-corrected chi connectivity index (χ1v) is 11.4. The Labute approximate surface area is 170 Å². The zero-order chi connectivity index (χ0) is 19.7. The molecule has 3 heteroatoms. The van der Waals surface area contributed by atoms with Crippen molar-refractivity contribution in [3.63, 3.8) is 0 Å². The molecule has 2 aliphatic rings. The largest absolute Gasteiger partial charge is 0.204 e. The number of rotatable bonds is 3. The summed E-state index contributed by atoms with van der Waals surface area (Å²) in [4.78, 5) is 0. The van der Waals surface area contributed by atoms with Crippen LogP contribution in [0.5, 0.6) is 0 Å². The molecule has 0 saturated heterocycles. The van der Waals surface area contributed by atoms with E-state index in [1.807, 2.05) is 0 Å². The third-order valence-electron chi connectivity index (χ3n) is 7.27. The third-order valence-corrected chi connectivity index (χ3v) is 7.69. The average molecular weight is 400 g/mol. The molecule has 0 radical (unpaired) electrons. The fourth-order valence-electron chi connectivity index (χ4n) is 5.41. The van der Waals surface area contributed by atoms with Crippen molar-refractivity contribution in [1.29, 1.82) is 0 Å². The van der Waals surface area contributed by atoms with Crippen LogP contribution in [-0.4, -0.2) is 0 Å². The Bertz CT molecular complexity index is 775. The summed E-state index contributed by atoms with van der Waals surface area (Å²) in [5.74, 6) is 1.91. The van der Waals surface area contributed by atoms with Crippen LogP contribution in [0.2, 0.25) is 0 Å². The third kappa shape index (κ3) is 4.33. The van der Waals surface area contributed by atoms with Crippen molar-refractivity contribution in [3.8, 4) is 11.1 Å². The van der Waals surface area contributed by atoms with Gasteiger partial charge in [0.05, 0.1) is 0 Å². The highest BCUT2D eigenvalue weighted by molar-refractivity contribution is 7.27. The van der Waals surface area contributed by atoms with Crippen LogP contribution in [0.4, 0.5) is 8.78 Å². The van der Waals surface area contributed by atoms with E-state index in [-0.39, 0.29) is 5.30 Å². The lowest BCUT2D eigenvalue weighted by Crippen LogP contribution is -2.24. The van der Waals surface area contributed by atoms with E-state index < -0.39 is 11.6 Å². The van der Waals surface area contributed by atoms with Gasteiger partial charge in [-0.2, -0.15) is 0 Å². The molecule has 0 aromatic heterocycles. The van der Waals surface area contributed by atoms with Crippen LogP contribution in [0.15, 0.2) is 36.4 Å². The van der Waals surface area contributed by atoms with Gasteiger partial charge in [-0.3, -0.25) is 0 Å². The van der Waals surface area contributed by atoms with Gasteiger partial charge >= 0.3 is 0 Å². The molecule has 0 spiro atoms. The Morgan fingerprint density at radius 3 is 1.89 bits per heavy atom. The minimum absolute atomic E-state index is 0.273. The van der Waals surface area contributed by atoms with Crippen LogP contribution in [0, 0.1) is 29.4 Å². The molecule has 150 valence electrons. The molecule has 0 heterocycles. The van der Waals surface area contributed by atoms with Gasteiger partial charge in [-0.05, 0) is 91.0 Å². The Morgan fingerprint density at radius 2 is 1.32 bits per heavy atom. The molecule has 1 atom stereocenters. The van der Waals surface area contributed by atoms with Gasteiger partial charge < -0.3 is 0 Å². The SMILES string of the molecule is CC1CCC(C2CCC(c3ccc(-c4cc(F)c(F)c(P)c4)cc3)CC2)CC1. The quantitative estimate of drug-likeness (QED) is 0.477. The van der Waals surface area contributed by atoms with Gasteiger partial charge in [-0.15, -0.1) is 9.24 Å². The van der Waals surface area contributed by atoms with E-state index in [4.69, 9.17) is 0 Å². The molecule has 1 unspecified atom stereocenters. The van der Waals surface area contributed by atoms with Crippen molar-refractivity contribution >= 4 is 14.5 Å². The highest BCUT2D eigenvalue weighted by Crippen LogP contribution is 2.44. The molecule has 2 aromatic carbocycles. The fourth-order valence-corrected chi connectivity index (χ4v) is 5.72. The molecule has 28 heavy (non-hydrogen) atoms. The zero-order valence-electron chi connectivity index (χ0n) is 16.8. The molecule has 0 bridgehead atoms. The van der Waals surface area contributed by atoms with Crippen LogP contribution in [0.25, 0.3) is 11.1 Å². The summed E-state index contributed by atoms with van der Waals surface area (Å²) in [6.45, 7) is 2.40. The second-order valence-corrected chi connectivity index (χ2v) is 9.74. The Balaban J connectivity index is 1.39. The number of benzene rings is 2. The molecule has 2 fully saturated rings. The van der Waals surface area contributed by atoms with Crippen LogP contribution < -0.4 is 5.30 Å². The summed E-state index contributed by atoms with van der Waals surface area (Å²) in [6.07, 6.45) is 11.0. The summed E-state index contributed by atoms with van der Waals surface area (Å²) in [5.41, 5.74) is 3.06. The van der Waals surface area contributed by atoms with E-state index >= 15 is 0 Å². The second-order valence-electron chi connectivity index (χ2n) is 9.11. The van der Waals surface area contributed by atoms with E-state index in [0.29, 0.717) is 5.92 Å². The molecule has 0 nitrogen and oxygen atoms in total. The van der Waals surface area contributed by atoms with Crippen molar-refractivity contribution < 1.29 is 8.78 Å². The van der Waals surface area contributed by atoms with Crippen molar-refractivity contribution in [1.82, 2.24) is 0 Å². The summed E-state index contributed by atoms with van der Waals surface area (Å²) < 4.78 is 27.2. The normalized spacial score (nSPS) is 28.3. The lowest BCUT2D eigenvalue weighted by Gasteiger charge is -2.37. The minimum Gasteiger partial charge on any atom is -0.204 e. The first-order chi connectivity index (χ1) is 13.5. The summed E-state index contributed by atoms with van der Waals surface area (Å²) >= 11 is 0. The monoisotopic (exact) mass is 400 g/mol. The van der Waals surface area contributed by atoms with Crippen molar-refractivity contribution in [2.45, 2.75) is 64.2 Å². The molecule has 2 aromatic rings. The van der Waals surface area contributed by atoms with Gasteiger partial charge in [-0.25, -0.2) is 8.78 Å². The number of hydrogen-bond donors (Lipinski definition) is 0. The lowest BCUT2D eigenvalue weighted by atomic mass is 9.68. The van der Waals surface area contributed by atoms with E-state index in [1.165, 1.54) is 63.0 Å². The minimum atomic E-state index is -0.790. The molecule has 2 aliphatic carbocycles. The van der Waals surface area contributed by atoms with Gasteiger partial charge in [0.15, 0.2) is 11.6 Å². The molecular weight excluding hydrogens is 369 g/mol.